The number of nitro benzene ring substituents is 1. The van der Waals surface area contributed by atoms with Gasteiger partial charge in [0.2, 0.25) is 0 Å². The SMILES string of the molecule is Cc1[nH]c2ccc([N+](=O)[O-])cc2c1C=NNC(=O)C(=Cc1ccccc1)NC(=O)c1ccccc1. The molecule has 1 aromatic heterocycles. The summed E-state index contributed by atoms with van der Waals surface area (Å²) in [5.41, 5.74) is 5.55. The Morgan fingerprint density at radius 3 is 2.37 bits per heavy atom. The van der Waals surface area contributed by atoms with E-state index in [9.17, 15) is 19.7 Å². The zero-order valence-electron chi connectivity index (χ0n) is 18.7. The molecular formula is C26H21N5O4. The first kappa shape index (κ1) is 23.1. The summed E-state index contributed by atoms with van der Waals surface area (Å²) in [6.45, 7) is 1.80. The second kappa shape index (κ2) is 10.3. The van der Waals surface area contributed by atoms with E-state index in [1.165, 1.54) is 18.3 Å². The number of rotatable bonds is 7. The van der Waals surface area contributed by atoms with Crippen LogP contribution in [0.4, 0.5) is 5.69 Å². The van der Waals surface area contributed by atoms with Crippen LogP contribution < -0.4 is 10.7 Å². The number of non-ortho nitro benzene ring substituents is 1. The maximum absolute atomic E-state index is 12.9. The van der Waals surface area contributed by atoms with Crippen LogP contribution >= 0.6 is 0 Å². The summed E-state index contributed by atoms with van der Waals surface area (Å²) in [7, 11) is 0. The Balaban J connectivity index is 1.58. The van der Waals surface area contributed by atoms with Gasteiger partial charge in [0.25, 0.3) is 17.5 Å². The molecule has 1 heterocycles. The minimum atomic E-state index is -0.627. The summed E-state index contributed by atoms with van der Waals surface area (Å²) >= 11 is 0. The van der Waals surface area contributed by atoms with E-state index in [4.69, 9.17) is 0 Å². The zero-order valence-corrected chi connectivity index (χ0v) is 18.7. The Labute approximate surface area is 200 Å². The van der Waals surface area contributed by atoms with Crippen LogP contribution in [0.15, 0.2) is 89.7 Å². The van der Waals surface area contributed by atoms with E-state index < -0.39 is 16.7 Å². The molecule has 0 aliphatic heterocycles. The minimum Gasteiger partial charge on any atom is -0.358 e. The molecular weight excluding hydrogens is 446 g/mol. The fourth-order valence-corrected chi connectivity index (χ4v) is 3.49. The molecule has 2 amide bonds. The van der Waals surface area contributed by atoms with Crippen molar-refractivity contribution in [1.29, 1.82) is 0 Å². The van der Waals surface area contributed by atoms with Crippen molar-refractivity contribution in [3.05, 3.63) is 117 Å². The van der Waals surface area contributed by atoms with Gasteiger partial charge < -0.3 is 10.3 Å². The molecule has 0 fully saturated rings. The second-order valence-electron chi connectivity index (χ2n) is 7.64. The van der Waals surface area contributed by atoms with Crippen LogP contribution in [0.1, 0.15) is 27.2 Å². The van der Waals surface area contributed by atoms with Gasteiger partial charge in [-0.1, -0.05) is 48.5 Å². The van der Waals surface area contributed by atoms with E-state index >= 15 is 0 Å². The van der Waals surface area contributed by atoms with Gasteiger partial charge in [-0.25, -0.2) is 5.43 Å². The third-order valence-electron chi connectivity index (χ3n) is 5.23. The molecule has 3 N–H and O–H groups in total. The molecule has 0 saturated heterocycles. The van der Waals surface area contributed by atoms with E-state index in [1.807, 2.05) is 18.2 Å². The molecule has 0 radical (unpaired) electrons. The Hall–Kier alpha value is -5.05. The first-order chi connectivity index (χ1) is 16.9. The summed E-state index contributed by atoms with van der Waals surface area (Å²) in [6, 6.07) is 22.1. The lowest BCUT2D eigenvalue weighted by molar-refractivity contribution is -0.384. The van der Waals surface area contributed by atoms with E-state index in [1.54, 1.807) is 61.5 Å². The van der Waals surface area contributed by atoms with E-state index in [-0.39, 0.29) is 11.4 Å². The number of hydrazone groups is 1. The molecule has 0 spiro atoms. The third kappa shape index (κ3) is 5.48. The van der Waals surface area contributed by atoms with Crippen molar-refractivity contribution in [1.82, 2.24) is 15.7 Å². The molecule has 174 valence electrons. The first-order valence-electron chi connectivity index (χ1n) is 10.7. The number of fused-ring (bicyclic) bond motifs is 1. The molecule has 0 atom stereocenters. The van der Waals surface area contributed by atoms with Crippen molar-refractivity contribution in [3.8, 4) is 0 Å². The van der Waals surface area contributed by atoms with Gasteiger partial charge >= 0.3 is 0 Å². The van der Waals surface area contributed by atoms with Crippen molar-refractivity contribution >= 4 is 40.7 Å². The van der Waals surface area contributed by atoms with E-state index in [0.717, 1.165) is 11.3 Å². The molecule has 0 bridgehead atoms. The second-order valence-corrected chi connectivity index (χ2v) is 7.64. The van der Waals surface area contributed by atoms with Crippen LogP contribution in [0.25, 0.3) is 17.0 Å². The van der Waals surface area contributed by atoms with Gasteiger partial charge in [0, 0.05) is 39.9 Å². The number of hydrogen-bond acceptors (Lipinski definition) is 5. The fraction of sp³-hybridized carbons (Fsp3) is 0.0385. The number of hydrogen-bond donors (Lipinski definition) is 3. The Kier molecular flexibility index (Phi) is 6.78. The smallest absolute Gasteiger partial charge is 0.287 e. The fourth-order valence-electron chi connectivity index (χ4n) is 3.49. The molecule has 0 aliphatic carbocycles. The highest BCUT2D eigenvalue weighted by atomic mass is 16.6. The summed E-state index contributed by atoms with van der Waals surface area (Å²) in [4.78, 5) is 39.4. The van der Waals surface area contributed by atoms with E-state index in [0.29, 0.717) is 22.0 Å². The number of aryl methyl sites for hydroxylation is 1. The summed E-state index contributed by atoms with van der Waals surface area (Å²) in [5.74, 6) is -1.07. The molecule has 9 heteroatoms. The number of benzene rings is 3. The van der Waals surface area contributed by atoms with Gasteiger partial charge in [0.15, 0.2) is 0 Å². The van der Waals surface area contributed by atoms with Crippen LogP contribution in [-0.2, 0) is 4.79 Å². The van der Waals surface area contributed by atoms with E-state index in [2.05, 4.69) is 20.8 Å². The number of amides is 2. The Morgan fingerprint density at radius 2 is 1.69 bits per heavy atom. The summed E-state index contributed by atoms with van der Waals surface area (Å²) in [5, 5.41) is 18.4. The first-order valence-corrected chi connectivity index (χ1v) is 10.7. The van der Waals surface area contributed by atoms with Crippen LogP contribution in [0.3, 0.4) is 0 Å². The molecule has 0 aliphatic rings. The van der Waals surface area contributed by atoms with Crippen molar-refractivity contribution in [2.24, 2.45) is 5.10 Å². The van der Waals surface area contributed by atoms with Gasteiger partial charge in [-0.05, 0) is 36.8 Å². The molecule has 35 heavy (non-hydrogen) atoms. The predicted octanol–water partition coefficient (Wildman–Crippen LogP) is 4.31. The van der Waals surface area contributed by atoms with Crippen molar-refractivity contribution in [2.45, 2.75) is 6.92 Å². The van der Waals surface area contributed by atoms with Gasteiger partial charge in [0.1, 0.15) is 5.70 Å². The summed E-state index contributed by atoms with van der Waals surface area (Å²) < 4.78 is 0. The highest BCUT2D eigenvalue weighted by molar-refractivity contribution is 6.06. The number of H-pyrrole nitrogens is 1. The monoisotopic (exact) mass is 467 g/mol. The third-order valence-corrected chi connectivity index (χ3v) is 5.23. The van der Waals surface area contributed by atoms with Crippen LogP contribution in [0, 0.1) is 17.0 Å². The Morgan fingerprint density at radius 1 is 1.00 bits per heavy atom. The lowest BCUT2D eigenvalue weighted by atomic mass is 10.1. The largest absolute Gasteiger partial charge is 0.358 e. The molecule has 0 saturated carbocycles. The van der Waals surface area contributed by atoms with Crippen LogP contribution in [0.2, 0.25) is 0 Å². The van der Waals surface area contributed by atoms with Gasteiger partial charge in [-0.2, -0.15) is 5.10 Å². The normalized spacial score (nSPS) is 11.5. The molecule has 0 unspecified atom stereocenters. The van der Waals surface area contributed by atoms with Crippen LogP contribution in [-0.4, -0.2) is 27.9 Å². The van der Waals surface area contributed by atoms with Crippen LogP contribution in [0.5, 0.6) is 0 Å². The topological polar surface area (TPSA) is 129 Å². The quantitative estimate of drug-likeness (QED) is 0.162. The summed E-state index contributed by atoms with van der Waals surface area (Å²) in [6.07, 6.45) is 2.96. The zero-order chi connectivity index (χ0) is 24.8. The average Bonchev–Trinajstić information content (AvgIpc) is 3.18. The number of nitrogens with one attached hydrogen (secondary N) is 3. The maximum Gasteiger partial charge on any atom is 0.287 e. The number of carbonyl (C=O) groups is 2. The molecule has 4 rings (SSSR count). The average molecular weight is 467 g/mol. The molecule has 3 aromatic carbocycles. The lowest BCUT2D eigenvalue weighted by Gasteiger charge is -2.09. The standard InChI is InChI=1S/C26H21N5O4/c1-17-22(21-15-20(31(34)35)12-13-23(21)28-17)16-27-30-26(33)24(14-18-8-4-2-5-9-18)29-25(32)19-10-6-3-7-11-19/h2-16,28H,1H3,(H,29,32)(H,30,33). The highest BCUT2D eigenvalue weighted by Gasteiger charge is 2.15. The maximum atomic E-state index is 12.9. The molecule has 9 nitrogen and oxygen atoms in total. The van der Waals surface area contributed by atoms with Crippen molar-refractivity contribution < 1.29 is 14.5 Å². The number of nitrogens with zero attached hydrogens (tertiary/aromatic N) is 2. The highest BCUT2D eigenvalue weighted by Crippen LogP contribution is 2.25. The van der Waals surface area contributed by atoms with Gasteiger partial charge in [-0.15, -0.1) is 0 Å². The van der Waals surface area contributed by atoms with Crippen molar-refractivity contribution in [3.63, 3.8) is 0 Å². The number of carbonyl (C=O) groups excluding carboxylic acids is 2. The Bertz CT molecular complexity index is 1460. The predicted molar refractivity (Wildman–Crippen MR) is 134 cm³/mol. The molecule has 4 aromatic rings. The number of aromatic amines is 1. The number of aromatic nitrogens is 1. The van der Waals surface area contributed by atoms with Gasteiger partial charge in [-0.3, -0.25) is 19.7 Å². The lowest BCUT2D eigenvalue weighted by Crippen LogP contribution is -2.32. The van der Waals surface area contributed by atoms with Crippen molar-refractivity contribution in [2.75, 3.05) is 0 Å². The number of nitro groups is 1. The van der Waals surface area contributed by atoms with Gasteiger partial charge in [0.05, 0.1) is 11.1 Å². The minimum absolute atomic E-state index is 0.00786.